The molecular weight excluding hydrogens is 238 g/mol. The van der Waals surface area contributed by atoms with Crippen LogP contribution in [-0.2, 0) is 9.53 Å². The number of halogens is 1. The Morgan fingerprint density at radius 3 is 2.88 bits per heavy atom. The molecule has 1 rings (SSSR count). The van der Waals surface area contributed by atoms with Crippen LogP contribution in [0.15, 0.2) is 34.1 Å². The molecule has 92 valence electrons. The van der Waals surface area contributed by atoms with E-state index in [0.29, 0.717) is 29.2 Å². The summed E-state index contributed by atoms with van der Waals surface area (Å²) < 4.78 is 5.24. The van der Waals surface area contributed by atoms with Crippen molar-refractivity contribution in [3.63, 3.8) is 0 Å². The lowest BCUT2D eigenvalue weighted by Crippen LogP contribution is -2.10. The number of rotatable bonds is 4. The van der Waals surface area contributed by atoms with E-state index in [2.05, 4.69) is 0 Å². The Hall–Kier alpha value is -1.35. The Morgan fingerprint density at radius 2 is 2.29 bits per heavy atom. The lowest BCUT2D eigenvalue weighted by molar-refractivity contribution is -0.135. The molecule has 0 atom stereocenters. The van der Waals surface area contributed by atoms with Gasteiger partial charge in [0.25, 0.3) is 0 Å². The number of ether oxygens (including phenoxy) is 1. The van der Waals surface area contributed by atoms with Crippen LogP contribution >= 0.6 is 11.6 Å². The van der Waals surface area contributed by atoms with Crippen molar-refractivity contribution >= 4 is 23.8 Å². The molecule has 1 N–H and O–H groups in total. The molecule has 4 heteroatoms. The molecule has 0 aromatic rings. The van der Waals surface area contributed by atoms with Gasteiger partial charge in [0.05, 0.1) is 10.6 Å². The number of hydrogen-bond donors (Lipinski definition) is 1. The number of allylic oxidation sites excluding steroid dienone is 5. The van der Waals surface area contributed by atoms with Crippen LogP contribution in [0.2, 0.25) is 0 Å². The van der Waals surface area contributed by atoms with Crippen LogP contribution in [0.25, 0.3) is 0 Å². The molecule has 0 unspecified atom stereocenters. The summed E-state index contributed by atoms with van der Waals surface area (Å²) in [6.45, 7) is 3.56. The van der Waals surface area contributed by atoms with Crippen molar-refractivity contribution in [2.75, 3.05) is 0 Å². The van der Waals surface area contributed by atoms with Crippen molar-refractivity contribution in [1.82, 2.24) is 0 Å². The van der Waals surface area contributed by atoms with Gasteiger partial charge in [0.15, 0.2) is 0 Å². The summed E-state index contributed by atoms with van der Waals surface area (Å²) in [6, 6.07) is 0. The molecule has 0 radical (unpaired) electrons. The van der Waals surface area contributed by atoms with E-state index in [-0.39, 0.29) is 5.97 Å². The Kier molecular flexibility index (Phi) is 5.16. The highest BCUT2D eigenvalue weighted by Crippen LogP contribution is 2.24. The third-order valence-electron chi connectivity index (χ3n) is 2.61. The number of carbonyl (C=O) groups excluding carboxylic acids is 1. The molecule has 0 aliphatic heterocycles. The monoisotopic (exact) mass is 253 g/mol. The first-order valence-electron chi connectivity index (χ1n) is 5.49. The molecule has 17 heavy (non-hydrogen) atoms. The van der Waals surface area contributed by atoms with Crippen LogP contribution < -0.4 is 0 Å². The topological polar surface area (TPSA) is 50.1 Å². The fourth-order valence-electron chi connectivity index (χ4n) is 1.42. The van der Waals surface area contributed by atoms with Gasteiger partial charge in [0, 0.05) is 6.42 Å². The van der Waals surface area contributed by atoms with Crippen molar-refractivity contribution in [1.29, 1.82) is 5.41 Å². The molecule has 0 fully saturated rings. The Morgan fingerprint density at radius 1 is 1.59 bits per heavy atom. The van der Waals surface area contributed by atoms with Gasteiger partial charge in [-0.3, -0.25) is 0 Å². The molecule has 0 aromatic heterocycles. The summed E-state index contributed by atoms with van der Waals surface area (Å²) in [5, 5.41) is 7.45. The molecule has 0 spiro atoms. The average molecular weight is 254 g/mol. The van der Waals surface area contributed by atoms with E-state index in [4.69, 9.17) is 21.7 Å². The minimum Gasteiger partial charge on any atom is -0.428 e. The van der Waals surface area contributed by atoms with Gasteiger partial charge in [0.2, 0.25) is 0 Å². The van der Waals surface area contributed by atoms with Crippen LogP contribution in [0.5, 0.6) is 0 Å². The molecule has 0 amide bonds. The van der Waals surface area contributed by atoms with E-state index >= 15 is 0 Å². The van der Waals surface area contributed by atoms with Crippen LogP contribution in [-0.4, -0.2) is 12.2 Å². The molecule has 3 nitrogen and oxygen atoms in total. The second-order valence-electron chi connectivity index (χ2n) is 3.90. The molecule has 0 bridgehead atoms. The van der Waals surface area contributed by atoms with Gasteiger partial charge in [0.1, 0.15) is 5.76 Å². The molecule has 0 aromatic carbocycles. The fraction of sp³-hybridized carbons (Fsp3) is 0.385. The quantitative estimate of drug-likeness (QED) is 0.472. The van der Waals surface area contributed by atoms with E-state index in [1.807, 2.05) is 13.0 Å². The predicted octanol–water partition coefficient (Wildman–Crippen LogP) is 3.71. The molecule has 1 aliphatic rings. The highest BCUT2D eigenvalue weighted by atomic mass is 35.5. The van der Waals surface area contributed by atoms with Gasteiger partial charge in [-0.2, -0.15) is 0 Å². The zero-order chi connectivity index (χ0) is 12.8. The number of carbonyl (C=O) groups is 1. The molecule has 0 saturated carbocycles. The van der Waals surface area contributed by atoms with Crippen LogP contribution in [0.3, 0.4) is 0 Å². The summed E-state index contributed by atoms with van der Waals surface area (Å²) in [4.78, 5) is 11.8. The Balaban J connectivity index is 2.76. The van der Waals surface area contributed by atoms with Crippen LogP contribution in [0.4, 0.5) is 0 Å². The number of nitrogens with one attached hydrogen (secondary N) is 1. The predicted molar refractivity (Wildman–Crippen MR) is 69.1 cm³/mol. The minimum absolute atomic E-state index is 0.388. The van der Waals surface area contributed by atoms with Gasteiger partial charge < -0.3 is 10.1 Å². The van der Waals surface area contributed by atoms with Crippen molar-refractivity contribution in [2.45, 2.75) is 33.1 Å². The molecular formula is C13H16ClNO2. The van der Waals surface area contributed by atoms with E-state index < -0.39 is 0 Å². The highest BCUT2D eigenvalue weighted by Gasteiger charge is 2.17. The SMILES string of the molecule is C/C(CC=N)=C(/C)OC(=O)C1=C(Cl)C=CCC1. The van der Waals surface area contributed by atoms with Crippen LogP contribution in [0.1, 0.15) is 33.1 Å². The maximum Gasteiger partial charge on any atom is 0.340 e. The van der Waals surface area contributed by atoms with Crippen molar-refractivity contribution < 1.29 is 9.53 Å². The fourth-order valence-corrected chi connectivity index (χ4v) is 1.68. The third-order valence-corrected chi connectivity index (χ3v) is 2.97. The van der Waals surface area contributed by atoms with Gasteiger partial charge in [-0.1, -0.05) is 17.7 Å². The zero-order valence-electron chi connectivity index (χ0n) is 10.0. The summed E-state index contributed by atoms with van der Waals surface area (Å²) >= 11 is 5.94. The van der Waals surface area contributed by atoms with Crippen molar-refractivity contribution in [3.05, 3.63) is 34.1 Å². The first-order chi connectivity index (χ1) is 8.06. The smallest absolute Gasteiger partial charge is 0.340 e. The minimum atomic E-state index is -0.388. The van der Waals surface area contributed by atoms with Gasteiger partial charge >= 0.3 is 5.97 Å². The summed E-state index contributed by atoms with van der Waals surface area (Å²) in [7, 11) is 0. The maximum atomic E-state index is 11.8. The number of hydrogen-bond acceptors (Lipinski definition) is 3. The molecule has 0 saturated heterocycles. The highest BCUT2D eigenvalue weighted by molar-refractivity contribution is 6.33. The number of esters is 1. The van der Waals surface area contributed by atoms with Gasteiger partial charge in [-0.05, 0) is 44.6 Å². The summed E-state index contributed by atoms with van der Waals surface area (Å²) in [5.41, 5.74) is 1.40. The van der Waals surface area contributed by atoms with E-state index in [1.54, 1.807) is 13.0 Å². The lowest BCUT2D eigenvalue weighted by atomic mass is 10.1. The van der Waals surface area contributed by atoms with Gasteiger partial charge in [-0.15, -0.1) is 0 Å². The summed E-state index contributed by atoms with van der Waals surface area (Å²) in [5.74, 6) is 0.159. The van der Waals surface area contributed by atoms with Crippen molar-refractivity contribution in [2.24, 2.45) is 0 Å². The van der Waals surface area contributed by atoms with E-state index in [1.165, 1.54) is 6.21 Å². The van der Waals surface area contributed by atoms with Crippen molar-refractivity contribution in [3.8, 4) is 0 Å². The maximum absolute atomic E-state index is 11.8. The lowest BCUT2D eigenvalue weighted by Gasteiger charge is -2.12. The van der Waals surface area contributed by atoms with Gasteiger partial charge in [-0.25, -0.2) is 4.79 Å². The average Bonchev–Trinajstić information content (AvgIpc) is 2.29. The van der Waals surface area contributed by atoms with E-state index in [0.717, 1.165) is 12.0 Å². The molecule has 1 aliphatic carbocycles. The summed E-state index contributed by atoms with van der Waals surface area (Å²) in [6.07, 6.45) is 6.86. The van der Waals surface area contributed by atoms with Crippen LogP contribution in [0, 0.1) is 5.41 Å². The Bertz CT molecular complexity index is 419. The first-order valence-corrected chi connectivity index (χ1v) is 5.86. The largest absolute Gasteiger partial charge is 0.428 e. The first kappa shape index (κ1) is 13.7. The van der Waals surface area contributed by atoms with E-state index in [9.17, 15) is 4.79 Å². The second-order valence-corrected chi connectivity index (χ2v) is 4.31. The zero-order valence-corrected chi connectivity index (χ0v) is 10.8. The third kappa shape index (κ3) is 3.86. The normalized spacial score (nSPS) is 16.6. The Labute approximate surface area is 106 Å². The standard InChI is InChI=1S/C13H16ClNO2/c1-9(7-8-15)10(2)17-13(16)11-5-3-4-6-12(11)14/h4,6,8,15H,3,5,7H2,1-2H3/b10-9+,15-8?. The second kappa shape index (κ2) is 6.40. The molecule has 0 heterocycles.